The van der Waals surface area contributed by atoms with E-state index in [-0.39, 0.29) is 16.0 Å². The largest absolute Gasteiger partial charge is 0.278 e. The van der Waals surface area contributed by atoms with E-state index in [9.17, 15) is 10.1 Å². The molecule has 0 fully saturated rings. The first-order valence-corrected chi connectivity index (χ1v) is 7.13. The number of rotatable bonds is 3. The molecule has 0 aliphatic carbocycles. The lowest BCUT2D eigenvalue weighted by molar-refractivity contribution is -0.374. The van der Waals surface area contributed by atoms with Crippen molar-refractivity contribution in [3.8, 4) is 0 Å². The molecule has 0 bridgehead atoms. The Bertz CT molecular complexity index is 639. The topological polar surface area (TPSA) is 56.0 Å². The van der Waals surface area contributed by atoms with Gasteiger partial charge >= 0.3 is 0 Å². The third kappa shape index (κ3) is 3.30. The molecule has 0 atom stereocenters. The van der Waals surface area contributed by atoms with E-state index >= 15 is 0 Å². The zero-order chi connectivity index (χ0) is 14.8. The molecule has 1 aromatic heterocycles. The standard InChI is InChI=1S/C15H16N2O2S/c1-15(2,3)14-16-12(10-20-14)9-13(17(18)19)11-7-5-4-6-8-11/h4-10H,1-3H3/b13-9+. The Morgan fingerprint density at radius 1 is 1.30 bits per heavy atom. The Balaban J connectivity index is 2.40. The number of aromatic nitrogens is 1. The molecule has 2 rings (SSSR count). The van der Waals surface area contributed by atoms with E-state index in [1.54, 1.807) is 24.3 Å². The average molecular weight is 288 g/mol. The van der Waals surface area contributed by atoms with Crippen LogP contribution in [0.25, 0.3) is 11.8 Å². The van der Waals surface area contributed by atoms with Crippen molar-refractivity contribution in [3.63, 3.8) is 0 Å². The highest BCUT2D eigenvalue weighted by Crippen LogP contribution is 2.27. The molecule has 0 N–H and O–H groups in total. The van der Waals surface area contributed by atoms with Gasteiger partial charge in [0.1, 0.15) is 0 Å². The first kappa shape index (κ1) is 14.4. The van der Waals surface area contributed by atoms with Crippen molar-refractivity contribution in [2.45, 2.75) is 26.2 Å². The summed E-state index contributed by atoms with van der Waals surface area (Å²) in [4.78, 5) is 15.3. The van der Waals surface area contributed by atoms with E-state index in [0.29, 0.717) is 11.3 Å². The van der Waals surface area contributed by atoms with Gasteiger partial charge in [-0.2, -0.15) is 0 Å². The van der Waals surface area contributed by atoms with Gasteiger partial charge in [-0.05, 0) is 12.1 Å². The first-order chi connectivity index (χ1) is 9.38. The second-order valence-corrected chi connectivity index (χ2v) is 6.34. The number of thiazole rings is 1. The molecular weight excluding hydrogens is 272 g/mol. The molecule has 0 saturated carbocycles. The van der Waals surface area contributed by atoms with Crippen LogP contribution in [0, 0.1) is 10.1 Å². The molecule has 0 unspecified atom stereocenters. The summed E-state index contributed by atoms with van der Waals surface area (Å²) in [5, 5.41) is 14.0. The van der Waals surface area contributed by atoms with Crippen LogP contribution in [-0.2, 0) is 5.41 Å². The molecule has 5 heteroatoms. The molecule has 4 nitrogen and oxygen atoms in total. The van der Waals surface area contributed by atoms with Crippen molar-refractivity contribution in [2.24, 2.45) is 0 Å². The molecule has 0 aliphatic rings. The molecule has 1 heterocycles. The Hall–Kier alpha value is -2.01. The third-order valence-corrected chi connectivity index (χ3v) is 4.00. The van der Waals surface area contributed by atoms with E-state index in [1.165, 1.54) is 17.4 Å². The van der Waals surface area contributed by atoms with Crippen LogP contribution in [0.3, 0.4) is 0 Å². The van der Waals surface area contributed by atoms with Gasteiger partial charge in [-0.25, -0.2) is 4.98 Å². The predicted molar refractivity (Wildman–Crippen MR) is 82.1 cm³/mol. The molecule has 2 aromatic rings. The van der Waals surface area contributed by atoms with Gasteiger partial charge in [-0.3, -0.25) is 10.1 Å². The van der Waals surface area contributed by atoms with Crippen molar-refractivity contribution in [2.75, 3.05) is 0 Å². The van der Waals surface area contributed by atoms with Crippen LogP contribution >= 0.6 is 11.3 Å². The fourth-order valence-electron chi connectivity index (χ4n) is 1.69. The fourth-order valence-corrected chi connectivity index (χ4v) is 2.55. The number of hydrogen-bond acceptors (Lipinski definition) is 4. The van der Waals surface area contributed by atoms with Gasteiger partial charge in [0.05, 0.1) is 21.2 Å². The van der Waals surface area contributed by atoms with E-state index < -0.39 is 0 Å². The van der Waals surface area contributed by atoms with E-state index in [2.05, 4.69) is 25.8 Å². The van der Waals surface area contributed by atoms with Gasteiger partial charge in [-0.1, -0.05) is 39.0 Å². The number of nitrogens with zero attached hydrogens (tertiary/aromatic N) is 2. The lowest BCUT2D eigenvalue weighted by Crippen LogP contribution is -2.10. The predicted octanol–water partition coefficient (Wildman–Crippen LogP) is 4.22. The molecule has 0 saturated heterocycles. The summed E-state index contributed by atoms with van der Waals surface area (Å²) in [5.74, 6) is 0. The van der Waals surface area contributed by atoms with Crippen LogP contribution in [0.4, 0.5) is 0 Å². The van der Waals surface area contributed by atoms with Crippen molar-refractivity contribution < 1.29 is 4.92 Å². The monoisotopic (exact) mass is 288 g/mol. The highest BCUT2D eigenvalue weighted by Gasteiger charge is 2.19. The Labute approximate surface area is 122 Å². The molecule has 0 radical (unpaired) electrons. The Morgan fingerprint density at radius 2 is 1.95 bits per heavy atom. The maximum atomic E-state index is 11.2. The zero-order valence-corrected chi connectivity index (χ0v) is 12.5. The second-order valence-electron chi connectivity index (χ2n) is 5.48. The van der Waals surface area contributed by atoms with Crippen molar-refractivity contribution in [1.29, 1.82) is 0 Å². The van der Waals surface area contributed by atoms with E-state index in [4.69, 9.17) is 0 Å². The number of hydrogen-bond donors (Lipinski definition) is 0. The van der Waals surface area contributed by atoms with Crippen LogP contribution in [0.2, 0.25) is 0 Å². The summed E-state index contributed by atoms with van der Waals surface area (Å²) in [5.41, 5.74) is 1.24. The van der Waals surface area contributed by atoms with Gasteiger partial charge < -0.3 is 0 Å². The molecule has 20 heavy (non-hydrogen) atoms. The second kappa shape index (κ2) is 5.54. The van der Waals surface area contributed by atoms with Crippen LogP contribution in [0.5, 0.6) is 0 Å². The maximum Gasteiger partial charge on any atom is 0.278 e. The zero-order valence-electron chi connectivity index (χ0n) is 11.7. The SMILES string of the molecule is CC(C)(C)c1nc(/C=C(\c2ccccc2)[N+](=O)[O-])cs1. The fraction of sp³-hybridized carbons (Fsp3) is 0.267. The summed E-state index contributed by atoms with van der Waals surface area (Å²) >= 11 is 1.53. The Morgan fingerprint density at radius 3 is 2.45 bits per heavy atom. The van der Waals surface area contributed by atoms with Gasteiger partial charge in [0, 0.05) is 16.9 Å². The van der Waals surface area contributed by atoms with Crippen LogP contribution < -0.4 is 0 Å². The van der Waals surface area contributed by atoms with E-state index in [0.717, 1.165) is 5.01 Å². The third-order valence-electron chi connectivity index (χ3n) is 2.71. The van der Waals surface area contributed by atoms with Crippen molar-refractivity contribution in [1.82, 2.24) is 4.98 Å². The van der Waals surface area contributed by atoms with E-state index in [1.807, 2.05) is 11.4 Å². The smallest absolute Gasteiger partial charge is 0.258 e. The summed E-state index contributed by atoms with van der Waals surface area (Å²) in [6, 6.07) is 8.86. The maximum absolute atomic E-state index is 11.2. The molecule has 104 valence electrons. The first-order valence-electron chi connectivity index (χ1n) is 6.25. The molecular formula is C15H16N2O2S. The quantitative estimate of drug-likeness (QED) is 0.627. The van der Waals surface area contributed by atoms with Crippen LogP contribution in [-0.4, -0.2) is 9.91 Å². The summed E-state index contributed by atoms with van der Waals surface area (Å²) in [6.07, 6.45) is 1.53. The minimum absolute atomic E-state index is 0.0434. The van der Waals surface area contributed by atoms with Crippen molar-refractivity contribution >= 4 is 23.1 Å². The summed E-state index contributed by atoms with van der Waals surface area (Å²) in [6.45, 7) is 6.22. The van der Waals surface area contributed by atoms with Crippen molar-refractivity contribution in [3.05, 3.63) is 62.1 Å². The van der Waals surface area contributed by atoms with Gasteiger partial charge in [0.2, 0.25) is 0 Å². The highest BCUT2D eigenvalue weighted by molar-refractivity contribution is 7.09. The molecule has 0 spiro atoms. The lowest BCUT2D eigenvalue weighted by Gasteiger charge is -2.13. The van der Waals surface area contributed by atoms with Gasteiger partial charge in [0.25, 0.3) is 5.70 Å². The van der Waals surface area contributed by atoms with Gasteiger partial charge in [0.15, 0.2) is 0 Å². The highest BCUT2D eigenvalue weighted by atomic mass is 32.1. The molecule has 0 aliphatic heterocycles. The summed E-state index contributed by atoms with van der Waals surface area (Å²) < 4.78 is 0. The van der Waals surface area contributed by atoms with Crippen LogP contribution in [0.1, 0.15) is 37.0 Å². The molecule has 1 aromatic carbocycles. The Kier molecular flexibility index (Phi) is 3.99. The average Bonchev–Trinajstić information content (AvgIpc) is 2.85. The minimum Gasteiger partial charge on any atom is -0.258 e. The lowest BCUT2D eigenvalue weighted by atomic mass is 9.98. The number of nitro groups is 1. The summed E-state index contributed by atoms with van der Waals surface area (Å²) in [7, 11) is 0. The molecule has 0 amide bonds. The van der Waals surface area contributed by atoms with Gasteiger partial charge in [-0.15, -0.1) is 11.3 Å². The minimum atomic E-state index is -0.370. The normalized spacial score (nSPS) is 12.4. The van der Waals surface area contributed by atoms with Crippen LogP contribution in [0.15, 0.2) is 35.7 Å². The number of benzene rings is 1.